The Hall–Kier alpha value is -2.31. The number of carbonyl (C=O) groups is 2. The zero-order valence-corrected chi connectivity index (χ0v) is 20.0. The Morgan fingerprint density at radius 3 is 2.76 bits per heavy atom. The molecule has 34 heavy (non-hydrogen) atoms. The monoisotopic (exact) mass is 463 g/mol. The summed E-state index contributed by atoms with van der Waals surface area (Å²) in [5, 5.41) is 12.1. The maximum atomic E-state index is 14.0. The number of fused-ring (bicyclic) bond motifs is 2. The van der Waals surface area contributed by atoms with Crippen LogP contribution in [0.15, 0.2) is 42.8 Å². The van der Waals surface area contributed by atoms with Gasteiger partial charge in [-0.2, -0.15) is 0 Å². The number of hydrogen-bond acceptors (Lipinski definition) is 6. The third-order valence-electron chi connectivity index (χ3n) is 10.1. The number of rotatable bonds is 3. The average molecular weight is 464 g/mol. The van der Waals surface area contributed by atoms with Gasteiger partial charge in [-0.05, 0) is 72.3 Å². The van der Waals surface area contributed by atoms with Crippen molar-refractivity contribution in [2.45, 2.75) is 64.3 Å². The number of aromatic nitrogens is 1. The summed E-state index contributed by atoms with van der Waals surface area (Å²) in [4.78, 5) is 31.0. The van der Waals surface area contributed by atoms with Crippen molar-refractivity contribution < 1.29 is 24.2 Å². The van der Waals surface area contributed by atoms with Gasteiger partial charge in [0.15, 0.2) is 11.6 Å². The standard InChI is InChI=1S/C28H33NO5/c1-17-19-6-7-20-26-12-4-11-25(2,3)21(26)15-27(32,33-16-26)28(20,23(17)31)24(19)34-22(30)8-5-18-9-13-29-14-10-18/h5,8-10,13-14,19-21,24,32H,1,4,6-7,11-12,15-16H2,2-3H3/b8-5+/t19-,20?,21+,24+,26+,27?,28-/m0/s1. The van der Waals surface area contributed by atoms with E-state index in [0.29, 0.717) is 18.6 Å². The van der Waals surface area contributed by atoms with Crippen LogP contribution in [0, 0.1) is 34.0 Å². The molecule has 1 aromatic heterocycles. The van der Waals surface area contributed by atoms with Crippen LogP contribution in [0.5, 0.6) is 0 Å². The minimum absolute atomic E-state index is 0.0621. The summed E-state index contributed by atoms with van der Waals surface area (Å²) >= 11 is 0. The first kappa shape index (κ1) is 22.2. The number of esters is 1. The maximum Gasteiger partial charge on any atom is 0.331 e. The molecule has 2 aliphatic heterocycles. The number of ketones is 1. The van der Waals surface area contributed by atoms with Gasteiger partial charge in [0.1, 0.15) is 11.5 Å². The van der Waals surface area contributed by atoms with Crippen molar-refractivity contribution >= 4 is 17.8 Å². The highest BCUT2D eigenvalue weighted by molar-refractivity contribution is 6.05. The van der Waals surface area contributed by atoms with Gasteiger partial charge in [0.25, 0.3) is 0 Å². The zero-order valence-electron chi connectivity index (χ0n) is 20.0. The van der Waals surface area contributed by atoms with E-state index in [1.165, 1.54) is 6.08 Å². The molecule has 180 valence electrons. The molecule has 6 nitrogen and oxygen atoms in total. The second-order valence-electron chi connectivity index (χ2n) is 11.8. The van der Waals surface area contributed by atoms with Crippen LogP contribution in [-0.2, 0) is 19.1 Å². The van der Waals surface area contributed by atoms with E-state index < -0.39 is 23.3 Å². The number of hydrogen-bond donors (Lipinski definition) is 1. The lowest BCUT2D eigenvalue weighted by Crippen LogP contribution is -2.78. The normalized spacial score (nSPS) is 44.1. The lowest BCUT2D eigenvalue weighted by molar-refractivity contribution is -0.414. The van der Waals surface area contributed by atoms with E-state index in [2.05, 4.69) is 25.4 Å². The molecule has 2 spiro atoms. The second kappa shape index (κ2) is 7.11. The fourth-order valence-corrected chi connectivity index (χ4v) is 8.76. The van der Waals surface area contributed by atoms with Gasteiger partial charge in [0.2, 0.25) is 0 Å². The lowest BCUT2D eigenvalue weighted by Gasteiger charge is -2.72. The number of ether oxygens (including phenoxy) is 2. The van der Waals surface area contributed by atoms with Crippen LogP contribution < -0.4 is 0 Å². The Labute approximate surface area is 200 Å². The molecule has 0 amide bonds. The SMILES string of the molecule is C=C1C(=O)[C@@]23C(CC[C@@H]1[C@H]2OC(=O)/C=C/c1ccncc1)[C@]12CCCC(C)(C)[C@H]1CC3(O)OC2. The van der Waals surface area contributed by atoms with Crippen molar-refractivity contribution in [2.75, 3.05) is 6.61 Å². The van der Waals surface area contributed by atoms with Crippen LogP contribution in [0.4, 0.5) is 0 Å². The Bertz CT molecular complexity index is 1100. The average Bonchev–Trinajstić information content (AvgIpc) is 2.93. The van der Waals surface area contributed by atoms with Gasteiger partial charge in [-0.25, -0.2) is 4.79 Å². The molecule has 3 heterocycles. The molecule has 1 aromatic rings. The molecule has 0 radical (unpaired) electrons. The highest BCUT2D eigenvalue weighted by Gasteiger charge is 2.83. The minimum Gasteiger partial charge on any atom is -0.457 e. The van der Waals surface area contributed by atoms with Crippen LogP contribution in [0.3, 0.4) is 0 Å². The highest BCUT2D eigenvalue weighted by Crippen LogP contribution is 2.76. The van der Waals surface area contributed by atoms with E-state index in [1.807, 2.05) is 0 Å². The van der Waals surface area contributed by atoms with Crippen molar-refractivity contribution in [1.82, 2.24) is 4.98 Å². The Kier molecular flexibility index (Phi) is 4.64. The highest BCUT2D eigenvalue weighted by atomic mass is 16.6. The first-order valence-corrected chi connectivity index (χ1v) is 12.5. The summed E-state index contributed by atoms with van der Waals surface area (Å²) in [5.41, 5.74) is -0.0809. The van der Waals surface area contributed by atoms with Crippen molar-refractivity contribution in [1.29, 1.82) is 0 Å². The van der Waals surface area contributed by atoms with E-state index in [0.717, 1.165) is 37.7 Å². The topological polar surface area (TPSA) is 85.7 Å². The Morgan fingerprint density at radius 1 is 1.24 bits per heavy atom. The van der Waals surface area contributed by atoms with E-state index in [9.17, 15) is 14.7 Å². The Morgan fingerprint density at radius 2 is 2.00 bits per heavy atom. The van der Waals surface area contributed by atoms with E-state index in [4.69, 9.17) is 9.47 Å². The quantitative estimate of drug-likeness (QED) is 0.537. The van der Waals surface area contributed by atoms with Crippen LogP contribution in [-0.4, -0.2) is 40.3 Å². The molecular formula is C28H33NO5. The number of aliphatic hydroxyl groups is 1. The largest absolute Gasteiger partial charge is 0.457 e. The van der Waals surface area contributed by atoms with Gasteiger partial charge in [-0.15, -0.1) is 0 Å². The third-order valence-corrected chi connectivity index (χ3v) is 10.1. The van der Waals surface area contributed by atoms with Crippen LogP contribution in [0.25, 0.3) is 6.08 Å². The van der Waals surface area contributed by atoms with Gasteiger partial charge in [-0.1, -0.05) is 26.8 Å². The van der Waals surface area contributed by atoms with Gasteiger partial charge < -0.3 is 14.6 Å². The van der Waals surface area contributed by atoms with Gasteiger partial charge in [0.05, 0.1) is 6.61 Å². The number of nitrogens with zero attached hydrogens (tertiary/aromatic N) is 1. The predicted octanol–water partition coefficient (Wildman–Crippen LogP) is 4.09. The zero-order chi connectivity index (χ0) is 23.9. The molecule has 2 saturated heterocycles. The van der Waals surface area contributed by atoms with Gasteiger partial charge in [-0.3, -0.25) is 9.78 Å². The molecule has 2 unspecified atom stereocenters. The van der Waals surface area contributed by atoms with Gasteiger partial charge in [0, 0.05) is 36.2 Å². The van der Waals surface area contributed by atoms with Crippen LogP contribution >= 0.6 is 0 Å². The van der Waals surface area contributed by atoms with Crippen molar-refractivity contribution in [3.63, 3.8) is 0 Å². The fraction of sp³-hybridized carbons (Fsp3) is 0.607. The van der Waals surface area contributed by atoms with Crippen molar-refractivity contribution in [3.05, 3.63) is 48.3 Å². The van der Waals surface area contributed by atoms with E-state index in [-0.39, 0.29) is 34.4 Å². The third kappa shape index (κ3) is 2.61. The summed E-state index contributed by atoms with van der Waals surface area (Å²) < 4.78 is 12.3. The van der Waals surface area contributed by atoms with Crippen LogP contribution in [0.1, 0.15) is 57.9 Å². The lowest BCUT2D eigenvalue weighted by atomic mass is 9.37. The molecule has 4 aliphatic carbocycles. The van der Waals surface area contributed by atoms with E-state index in [1.54, 1.807) is 30.6 Å². The molecule has 7 rings (SSSR count). The maximum absolute atomic E-state index is 14.0. The molecular weight excluding hydrogens is 430 g/mol. The second-order valence-corrected chi connectivity index (χ2v) is 11.8. The molecule has 0 aromatic carbocycles. The molecule has 7 atom stereocenters. The summed E-state index contributed by atoms with van der Waals surface area (Å²) in [6.07, 6.45) is 10.8. The van der Waals surface area contributed by atoms with E-state index >= 15 is 0 Å². The molecule has 4 bridgehead atoms. The van der Waals surface area contributed by atoms with Crippen LogP contribution in [0.2, 0.25) is 0 Å². The number of carbonyl (C=O) groups excluding carboxylic acids is 2. The molecule has 1 N–H and O–H groups in total. The summed E-state index contributed by atoms with van der Waals surface area (Å²) in [6, 6.07) is 3.60. The first-order chi connectivity index (χ1) is 16.2. The Balaban J connectivity index is 1.41. The predicted molar refractivity (Wildman–Crippen MR) is 125 cm³/mol. The molecule has 6 heteroatoms. The molecule has 6 fully saturated rings. The fourth-order valence-electron chi connectivity index (χ4n) is 8.76. The first-order valence-electron chi connectivity index (χ1n) is 12.5. The molecule has 6 aliphatic rings. The number of Topliss-reactive ketones (excluding diaryl/α,β-unsaturated/α-hetero) is 1. The molecule has 4 saturated carbocycles. The van der Waals surface area contributed by atoms with Crippen molar-refractivity contribution in [3.8, 4) is 0 Å². The van der Waals surface area contributed by atoms with Gasteiger partial charge >= 0.3 is 5.97 Å². The minimum atomic E-state index is -1.65. The summed E-state index contributed by atoms with van der Waals surface area (Å²) in [5.74, 6) is -2.41. The number of pyridine rings is 1. The summed E-state index contributed by atoms with van der Waals surface area (Å²) in [6.45, 7) is 9.18. The van der Waals surface area contributed by atoms with Crippen molar-refractivity contribution in [2.24, 2.45) is 34.0 Å². The smallest absolute Gasteiger partial charge is 0.331 e. The summed E-state index contributed by atoms with van der Waals surface area (Å²) in [7, 11) is 0.